The van der Waals surface area contributed by atoms with Gasteiger partial charge in [0.1, 0.15) is 5.70 Å². The topological polar surface area (TPSA) is 55.4 Å². The molecule has 0 bridgehead atoms. The molecule has 128 valence electrons. The zero-order valence-electron chi connectivity index (χ0n) is 14.6. The molecule has 0 aromatic heterocycles. The highest BCUT2D eigenvalue weighted by atomic mass is 16.5. The van der Waals surface area contributed by atoms with Crippen LogP contribution in [0.25, 0.3) is 11.6 Å². The lowest BCUT2D eigenvalue weighted by molar-refractivity contribution is -0.137. The van der Waals surface area contributed by atoms with Crippen molar-refractivity contribution in [2.75, 3.05) is 7.11 Å². The largest absolute Gasteiger partial charge is 0.464 e. The summed E-state index contributed by atoms with van der Waals surface area (Å²) in [5.41, 5.74) is 3.03. The maximum Gasteiger partial charge on any atom is 0.354 e. The third-order valence-corrected chi connectivity index (χ3v) is 3.75. The summed E-state index contributed by atoms with van der Waals surface area (Å²) >= 11 is 0. The van der Waals surface area contributed by atoms with E-state index in [2.05, 4.69) is 5.32 Å². The van der Waals surface area contributed by atoms with Gasteiger partial charge in [0.15, 0.2) is 0 Å². The first-order valence-electron chi connectivity index (χ1n) is 7.92. The molecule has 0 fully saturated rings. The molecule has 0 unspecified atom stereocenters. The van der Waals surface area contributed by atoms with Gasteiger partial charge in [0.05, 0.1) is 7.11 Å². The van der Waals surface area contributed by atoms with E-state index in [9.17, 15) is 9.59 Å². The molecule has 0 saturated carbocycles. The lowest BCUT2D eigenvalue weighted by Crippen LogP contribution is -2.29. The first-order chi connectivity index (χ1) is 12.0. The summed E-state index contributed by atoms with van der Waals surface area (Å²) in [5, 5.41) is 2.68. The van der Waals surface area contributed by atoms with E-state index in [4.69, 9.17) is 4.74 Å². The van der Waals surface area contributed by atoms with Crippen molar-refractivity contribution in [3.8, 4) is 0 Å². The van der Waals surface area contributed by atoms with E-state index in [-0.39, 0.29) is 11.6 Å². The SMILES string of the molecule is COC(=O)/C(NC(=O)/C(C)=C/c1ccccc1)=C(/C)c1ccccc1. The summed E-state index contributed by atoms with van der Waals surface area (Å²) in [6, 6.07) is 18.9. The number of rotatable bonds is 5. The number of hydrogen-bond acceptors (Lipinski definition) is 3. The fraction of sp³-hybridized carbons (Fsp3) is 0.143. The van der Waals surface area contributed by atoms with Gasteiger partial charge in [-0.05, 0) is 36.6 Å². The van der Waals surface area contributed by atoms with Crippen molar-refractivity contribution in [1.82, 2.24) is 5.32 Å². The standard InChI is InChI=1S/C21H21NO3/c1-15(14-17-10-6-4-7-11-17)20(23)22-19(21(24)25-3)16(2)18-12-8-5-9-13-18/h4-14H,1-3H3,(H,22,23)/b15-14+,19-16+. The Morgan fingerprint density at radius 2 is 1.48 bits per heavy atom. The smallest absolute Gasteiger partial charge is 0.354 e. The fourth-order valence-corrected chi connectivity index (χ4v) is 2.31. The molecule has 25 heavy (non-hydrogen) atoms. The van der Waals surface area contributed by atoms with Gasteiger partial charge in [-0.15, -0.1) is 0 Å². The molecule has 0 aliphatic rings. The van der Waals surface area contributed by atoms with Crippen LogP contribution in [0.15, 0.2) is 71.9 Å². The summed E-state index contributed by atoms with van der Waals surface area (Å²) in [6.07, 6.45) is 1.77. The van der Waals surface area contributed by atoms with Crippen LogP contribution in [0.2, 0.25) is 0 Å². The fourth-order valence-electron chi connectivity index (χ4n) is 2.31. The Kier molecular flexibility index (Phi) is 6.29. The molecule has 0 atom stereocenters. The summed E-state index contributed by atoms with van der Waals surface area (Å²) < 4.78 is 4.82. The van der Waals surface area contributed by atoms with Crippen LogP contribution in [0.3, 0.4) is 0 Å². The molecular weight excluding hydrogens is 314 g/mol. The predicted octanol–water partition coefficient (Wildman–Crippen LogP) is 3.81. The second-order valence-electron chi connectivity index (χ2n) is 5.55. The van der Waals surface area contributed by atoms with Crippen molar-refractivity contribution < 1.29 is 14.3 Å². The van der Waals surface area contributed by atoms with Gasteiger partial charge in [-0.1, -0.05) is 60.7 Å². The number of hydrogen-bond donors (Lipinski definition) is 1. The van der Waals surface area contributed by atoms with Crippen molar-refractivity contribution in [1.29, 1.82) is 0 Å². The molecule has 0 spiro atoms. The average Bonchev–Trinajstić information content (AvgIpc) is 2.66. The van der Waals surface area contributed by atoms with Crippen molar-refractivity contribution >= 4 is 23.5 Å². The quantitative estimate of drug-likeness (QED) is 0.668. The monoisotopic (exact) mass is 335 g/mol. The molecule has 4 heteroatoms. The summed E-state index contributed by atoms with van der Waals surface area (Å²) in [6.45, 7) is 3.48. The zero-order chi connectivity index (χ0) is 18.2. The minimum Gasteiger partial charge on any atom is -0.464 e. The Balaban J connectivity index is 2.30. The van der Waals surface area contributed by atoms with Crippen molar-refractivity contribution in [3.63, 3.8) is 0 Å². The van der Waals surface area contributed by atoms with Crippen LogP contribution in [0.5, 0.6) is 0 Å². The average molecular weight is 335 g/mol. The Morgan fingerprint density at radius 1 is 0.920 bits per heavy atom. The summed E-state index contributed by atoms with van der Waals surface area (Å²) in [5.74, 6) is -0.929. The molecular formula is C21H21NO3. The Hall–Kier alpha value is -3.14. The van der Waals surface area contributed by atoms with Crippen LogP contribution in [-0.4, -0.2) is 19.0 Å². The Morgan fingerprint density at radius 3 is 2.04 bits per heavy atom. The number of carbonyl (C=O) groups is 2. The van der Waals surface area contributed by atoms with Crippen LogP contribution in [-0.2, 0) is 14.3 Å². The molecule has 0 heterocycles. The summed E-state index contributed by atoms with van der Waals surface area (Å²) in [4.78, 5) is 24.6. The normalized spacial score (nSPS) is 12.2. The molecule has 2 aromatic rings. The number of allylic oxidation sites excluding steroid dienone is 1. The lowest BCUT2D eigenvalue weighted by Gasteiger charge is -2.12. The van der Waals surface area contributed by atoms with Gasteiger partial charge >= 0.3 is 5.97 Å². The number of esters is 1. The molecule has 2 rings (SSSR count). The number of carbonyl (C=O) groups excluding carboxylic acids is 2. The summed E-state index contributed by atoms with van der Waals surface area (Å²) in [7, 11) is 1.29. The van der Waals surface area contributed by atoms with E-state index in [1.807, 2.05) is 60.7 Å². The number of benzene rings is 2. The number of amides is 1. The van der Waals surface area contributed by atoms with E-state index in [0.717, 1.165) is 11.1 Å². The van der Waals surface area contributed by atoms with Crippen molar-refractivity contribution in [2.24, 2.45) is 0 Å². The highest BCUT2D eigenvalue weighted by Crippen LogP contribution is 2.18. The molecule has 2 aromatic carbocycles. The van der Waals surface area contributed by atoms with Gasteiger partial charge in [0.2, 0.25) is 0 Å². The molecule has 0 radical (unpaired) electrons. The first-order valence-corrected chi connectivity index (χ1v) is 7.92. The predicted molar refractivity (Wildman–Crippen MR) is 99.3 cm³/mol. The van der Waals surface area contributed by atoms with Gasteiger partial charge in [0, 0.05) is 5.57 Å². The van der Waals surface area contributed by atoms with Gasteiger partial charge in [-0.2, -0.15) is 0 Å². The molecule has 1 N–H and O–H groups in total. The molecule has 1 amide bonds. The van der Waals surface area contributed by atoms with Crippen molar-refractivity contribution in [3.05, 3.63) is 83.1 Å². The van der Waals surface area contributed by atoms with Gasteiger partial charge in [-0.25, -0.2) is 4.79 Å². The van der Waals surface area contributed by atoms with Gasteiger partial charge in [0.25, 0.3) is 5.91 Å². The molecule has 0 saturated heterocycles. The number of nitrogens with one attached hydrogen (secondary N) is 1. The van der Waals surface area contributed by atoms with E-state index in [0.29, 0.717) is 11.1 Å². The van der Waals surface area contributed by atoms with Gasteiger partial charge in [-0.3, -0.25) is 4.79 Å². The van der Waals surface area contributed by atoms with E-state index in [1.165, 1.54) is 7.11 Å². The minimum absolute atomic E-state index is 0.138. The van der Waals surface area contributed by atoms with Crippen LogP contribution < -0.4 is 5.32 Å². The van der Waals surface area contributed by atoms with Crippen molar-refractivity contribution in [2.45, 2.75) is 13.8 Å². The van der Waals surface area contributed by atoms with Crippen LogP contribution in [0.4, 0.5) is 0 Å². The van der Waals surface area contributed by atoms with E-state index in [1.54, 1.807) is 19.9 Å². The number of ether oxygens (including phenoxy) is 1. The van der Waals surface area contributed by atoms with Gasteiger partial charge < -0.3 is 10.1 Å². The maximum absolute atomic E-state index is 12.5. The lowest BCUT2D eigenvalue weighted by atomic mass is 10.0. The first kappa shape index (κ1) is 18.2. The van der Waals surface area contributed by atoms with E-state index >= 15 is 0 Å². The molecule has 0 aliphatic carbocycles. The van der Waals surface area contributed by atoms with E-state index < -0.39 is 5.97 Å². The molecule has 4 nitrogen and oxygen atoms in total. The second kappa shape index (κ2) is 8.64. The zero-order valence-corrected chi connectivity index (χ0v) is 14.6. The minimum atomic E-state index is -0.581. The maximum atomic E-state index is 12.5. The highest BCUT2D eigenvalue weighted by molar-refractivity contribution is 6.06. The third-order valence-electron chi connectivity index (χ3n) is 3.75. The highest BCUT2D eigenvalue weighted by Gasteiger charge is 2.18. The van der Waals surface area contributed by atoms with Crippen LogP contribution in [0.1, 0.15) is 25.0 Å². The van der Waals surface area contributed by atoms with Crippen LogP contribution in [0, 0.1) is 0 Å². The van der Waals surface area contributed by atoms with Crippen LogP contribution >= 0.6 is 0 Å². The third kappa shape index (κ3) is 4.91. The Bertz CT molecular complexity index is 806. The number of methoxy groups -OCH3 is 1. The Labute approximate surface area is 147 Å². The second-order valence-corrected chi connectivity index (χ2v) is 5.55. The molecule has 0 aliphatic heterocycles.